The summed E-state index contributed by atoms with van der Waals surface area (Å²) in [5, 5.41) is 8.31. The van der Waals surface area contributed by atoms with E-state index in [2.05, 4.69) is 10.4 Å². The fraction of sp³-hybridized carbons (Fsp3) is 0.348. The van der Waals surface area contributed by atoms with Gasteiger partial charge in [0.1, 0.15) is 0 Å². The van der Waals surface area contributed by atoms with Crippen LogP contribution in [0.5, 0.6) is 0 Å². The molecule has 2 aromatic carbocycles. The number of amides is 1. The summed E-state index contributed by atoms with van der Waals surface area (Å²) in [5.74, 6) is -0.276. The number of benzene rings is 2. The van der Waals surface area contributed by atoms with Gasteiger partial charge in [-0.25, -0.2) is 4.68 Å². The number of rotatable bonds is 9. The van der Waals surface area contributed by atoms with Crippen LogP contribution in [0.2, 0.25) is 0 Å². The molecule has 1 heterocycles. The van der Waals surface area contributed by atoms with Crippen LogP contribution in [0.25, 0.3) is 10.8 Å². The molecule has 0 spiro atoms. The third kappa shape index (κ3) is 5.09. The van der Waals surface area contributed by atoms with Gasteiger partial charge in [0.05, 0.1) is 11.5 Å². The number of nitrogens with zero attached hydrogens (tertiary/aromatic N) is 2. The number of hydrogen-bond acceptors (Lipinski definition) is 4. The van der Waals surface area contributed by atoms with Gasteiger partial charge in [-0.15, -0.1) is 0 Å². The smallest absolute Gasteiger partial charge is 0.274 e. The summed E-state index contributed by atoms with van der Waals surface area (Å²) in [7, 11) is 0. The maximum atomic E-state index is 12.7. The van der Waals surface area contributed by atoms with Crippen molar-refractivity contribution in [3.8, 4) is 0 Å². The summed E-state index contributed by atoms with van der Waals surface area (Å²) in [6, 6.07) is 17.1. The Morgan fingerprint density at radius 2 is 1.79 bits per heavy atom. The van der Waals surface area contributed by atoms with Crippen molar-refractivity contribution >= 4 is 16.7 Å². The van der Waals surface area contributed by atoms with E-state index in [1.165, 1.54) is 4.68 Å². The minimum atomic E-state index is -0.276. The van der Waals surface area contributed by atoms with Crippen LogP contribution < -0.4 is 10.9 Å². The molecule has 0 unspecified atom stereocenters. The first-order valence-corrected chi connectivity index (χ1v) is 10.1. The van der Waals surface area contributed by atoms with E-state index in [-0.39, 0.29) is 23.3 Å². The second-order valence-corrected chi connectivity index (χ2v) is 6.96. The molecule has 1 aromatic heterocycles. The van der Waals surface area contributed by atoms with Crippen LogP contribution in [0, 0.1) is 0 Å². The van der Waals surface area contributed by atoms with Crippen molar-refractivity contribution in [3.05, 3.63) is 76.2 Å². The lowest BCUT2D eigenvalue weighted by Crippen LogP contribution is -2.31. The van der Waals surface area contributed by atoms with Gasteiger partial charge in [-0.1, -0.05) is 55.5 Å². The second kappa shape index (κ2) is 9.98. The molecule has 0 saturated carbocycles. The van der Waals surface area contributed by atoms with E-state index < -0.39 is 0 Å². The number of aryl methyl sites for hydroxylation is 1. The minimum Gasteiger partial charge on any atom is -0.374 e. The molecule has 6 nitrogen and oxygen atoms in total. The number of carbonyl (C=O) groups excluding carboxylic acids is 1. The molecule has 3 rings (SSSR count). The average Bonchev–Trinajstić information content (AvgIpc) is 2.76. The maximum absolute atomic E-state index is 12.7. The van der Waals surface area contributed by atoms with Crippen molar-refractivity contribution in [1.29, 1.82) is 0 Å². The van der Waals surface area contributed by atoms with Crippen LogP contribution >= 0.6 is 0 Å². The second-order valence-electron chi connectivity index (χ2n) is 6.96. The molecule has 3 aromatic rings. The summed E-state index contributed by atoms with van der Waals surface area (Å²) in [6.07, 6.45) is 1.47. The molecule has 0 aliphatic rings. The number of nitrogens with one attached hydrogen (secondary N) is 1. The molecule has 0 bridgehead atoms. The SMILES string of the molecule is CCCn1nc(C(=O)NCCCO[C@H](C)c2ccccc2)c2ccccc2c1=O. The van der Waals surface area contributed by atoms with E-state index >= 15 is 0 Å². The Morgan fingerprint density at radius 1 is 1.10 bits per heavy atom. The highest BCUT2D eigenvalue weighted by Crippen LogP contribution is 2.16. The molecule has 29 heavy (non-hydrogen) atoms. The summed E-state index contributed by atoms with van der Waals surface area (Å²) in [5.41, 5.74) is 1.25. The third-order valence-corrected chi connectivity index (χ3v) is 4.76. The molecular weight excluding hydrogens is 366 g/mol. The number of hydrogen-bond donors (Lipinski definition) is 1. The van der Waals surface area contributed by atoms with Gasteiger partial charge in [0, 0.05) is 25.1 Å². The van der Waals surface area contributed by atoms with Crippen LogP contribution in [-0.4, -0.2) is 28.8 Å². The quantitative estimate of drug-likeness (QED) is 0.563. The Balaban J connectivity index is 1.60. The number of aromatic nitrogens is 2. The van der Waals surface area contributed by atoms with Crippen molar-refractivity contribution in [2.75, 3.05) is 13.2 Å². The predicted molar refractivity (Wildman–Crippen MR) is 114 cm³/mol. The molecule has 0 aliphatic carbocycles. The van der Waals surface area contributed by atoms with E-state index in [1.807, 2.05) is 50.2 Å². The van der Waals surface area contributed by atoms with Crippen LogP contribution in [0.15, 0.2) is 59.4 Å². The van der Waals surface area contributed by atoms with Crippen molar-refractivity contribution in [3.63, 3.8) is 0 Å². The predicted octanol–water partition coefficient (Wildman–Crippen LogP) is 3.70. The van der Waals surface area contributed by atoms with Gasteiger partial charge in [-0.3, -0.25) is 9.59 Å². The van der Waals surface area contributed by atoms with Gasteiger partial charge in [0.25, 0.3) is 11.5 Å². The molecule has 1 atom stereocenters. The van der Waals surface area contributed by atoms with E-state index in [0.717, 1.165) is 12.0 Å². The first-order valence-electron chi connectivity index (χ1n) is 10.1. The van der Waals surface area contributed by atoms with Gasteiger partial charge in [0.15, 0.2) is 5.69 Å². The molecule has 0 radical (unpaired) electrons. The Hall–Kier alpha value is -2.99. The van der Waals surface area contributed by atoms with Crippen LogP contribution in [0.3, 0.4) is 0 Å². The highest BCUT2D eigenvalue weighted by Gasteiger charge is 2.16. The molecule has 0 saturated heterocycles. The maximum Gasteiger partial charge on any atom is 0.274 e. The Morgan fingerprint density at radius 3 is 2.52 bits per heavy atom. The van der Waals surface area contributed by atoms with Gasteiger partial charge >= 0.3 is 0 Å². The fourth-order valence-corrected chi connectivity index (χ4v) is 3.20. The van der Waals surface area contributed by atoms with Crippen molar-refractivity contribution in [1.82, 2.24) is 15.1 Å². The van der Waals surface area contributed by atoms with E-state index in [4.69, 9.17) is 4.74 Å². The van der Waals surface area contributed by atoms with Gasteiger partial charge in [0.2, 0.25) is 0 Å². The zero-order chi connectivity index (χ0) is 20.6. The van der Waals surface area contributed by atoms with E-state index in [0.29, 0.717) is 36.9 Å². The van der Waals surface area contributed by atoms with Gasteiger partial charge in [-0.05, 0) is 31.4 Å². The highest BCUT2D eigenvalue weighted by atomic mass is 16.5. The first kappa shape index (κ1) is 20.7. The van der Waals surface area contributed by atoms with Crippen LogP contribution in [0.4, 0.5) is 0 Å². The Bertz CT molecular complexity index is 1010. The standard InChI is InChI=1S/C23H27N3O3/c1-3-15-26-23(28)20-13-8-7-12-19(20)21(25-26)22(27)24-14-9-16-29-17(2)18-10-5-4-6-11-18/h4-8,10-13,17H,3,9,14-16H2,1-2H3,(H,24,27)/t17-/m1/s1. The van der Waals surface area contributed by atoms with E-state index in [9.17, 15) is 9.59 Å². The monoisotopic (exact) mass is 393 g/mol. The van der Waals surface area contributed by atoms with Gasteiger partial charge < -0.3 is 10.1 Å². The van der Waals surface area contributed by atoms with Crippen molar-refractivity contribution < 1.29 is 9.53 Å². The number of ether oxygens (including phenoxy) is 1. The number of fused-ring (bicyclic) bond motifs is 1. The minimum absolute atomic E-state index is 0.00936. The average molecular weight is 393 g/mol. The summed E-state index contributed by atoms with van der Waals surface area (Å²) in [6.45, 7) is 5.48. The van der Waals surface area contributed by atoms with Crippen molar-refractivity contribution in [2.24, 2.45) is 0 Å². The zero-order valence-electron chi connectivity index (χ0n) is 16.9. The molecule has 1 amide bonds. The molecular formula is C23H27N3O3. The van der Waals surface area contributed by atoms with E-state index in [1.54, 1.807) is 18.2 Å². The largest absolute Gasteiger partial charge is 0.374 e. The molecule has 6 heteroatoms. The summed E-state index contributed by atoms with van der Waals surface area (Å²) in [4.78, 5) is 25.2. The lowest BCUT2D eigenvalue weighted by atomic mass is 10.1. The summed E-state index contributed by atoms with van der Waals surface area (Å²) < 4.78 is 7.22. The highest BCUT2D eigenvalue weighted by molar-refractivity contribution is 6.04. The Kier molecular flexibility index (Phi) is 7.14. The lowest BCUT2D eigenvalue weighted by molar-refractivity contribution is 0.0634. The number of carbonyl (C=O) groups is 1. The zero-order valence-corrected chi connectivity index (χ0v) is 16.9. The van der Waals surface area contributed by atoms with Crippen LogP contribution in [0.1, 0.15) is 48.8 Å². The lowest BCUT2D eigenvalue weighted by Gasteiger charge is -2.14. The molecule has 152 valence electrons. The fourth-order valence-electron chi connectivity index (χ4n) is 3.20. The van der Waals surface area contributed by atoms with Crippen LogP contribution in [-0.2, 0) is 11.3 Å². The molecule has 1 N–H and O–H groups in total. The molecule has 0 fully saturated rings. The molecule has 0 aliphatic heterocycles. The third-order valence-electron chi connectivity index (χ3n) is 4.76. The normalized spacial score (nSPS) is 12.1. The summed E-state index contributed by atoms with van der Waals surface area (Å²) >= 11 is 0. The first-order chi connectivity index (χ1) is 14.1. The topological polar surface area (TPSA) is 73.2 Å². The van der Waals surface area contributed by atoms with Gasteiger partial charge in [-0.2, -0.15) is 5.10 Å². The van der Waals surface area contributed by atoms with Crippen molar-refractivity contribution in [2.45, 2.75) is 39.3 Å². The Labute approximate surface area is 170 Å².